The highest BCUT2D eigenvalue weighted by molar-refractivity contribution is 6.06. The molecule has 0 spiro atoms. The van der Waals surface area contributed by atoms with E-state index in [0.717, 1.165) is 57.2 Å². The van der Waals surface area contributed by atoms with Crippen LogP contribution in [0.3, 0.4) is 0 Å². The number of para-hydroxylation sites is 1. The Balaban J connectivity index is 1.41. The molecule has 184 valence electrons. The van der Waals surface area contributed by atoms with Crippen molar-refractivity contribution >= 4 is 28.8 Å². The molecule has 7 heteroatoms. The number of anilines is 2. The van der Waals surface area contributed by atoms with Gasteiger partial charge in [-0.25, -0.2) is 9.50 Å². The molecule has 0 saturated heterocycles. The number of aryl methyl sites for hydroxylation is 5. The van der Waals surface area contributed by atoms with Crippen LogP contribution in [0.2, 0.25) is 0 Å². The van der Waals surface area contributed by atoms with Gasteiger partial charge in [0.15, 0.2) is 5.65 Å². The first kappa shape index (κ1) is 23.7. The Morgan fingerprint density at radius 2 is 1.78 bits per heavy atom. The molecule has 1 N–H and O–H groups in total. The minimum atomic E-state index is -0.565. The van der Waals surface area contributed by atoms with Crippen LogP contribution in [0.15, 0.2) is 54.6 Å². The van der Waals surface area contributed by atoms with E-state index in [1.54, 1.807) is 4.90 Å². The second-order valence-electron chi connectivity index (χ2n) is 9.62. The number of amides is 2. The molecule has 2 aromatic carbocycles. The van der Waals surface area contributed by atoms with Gasteiger partial charge in [0, 0.05) is 35.2 Å². The summed E-state index contributed by atoms with van der Waals surface area (Å²) in [6.07, 6.45) is 2.14. The summed E-state index contributed by atoms with van der Waals surface area (Å²) in [6, 6.07) is 17.0. The Hall–Kier alpha value is -4.00. The first-order chi connectivity index (χ1) is 17.3. The highest BCUT2D eigenvalue weighted by Crippen LogP contribution is 2.32. The third-order valence-corrected chi connectivity index (χ3v) is 7.02. The normalized spacial score (nSPS) is 15.1. The summed E-state index contributed by atoms with van der Waals surface area (Å²) in [5.41, 5.74) is 8.41. The van der Waals surface area contributed by atoms with Crippen LogP contribution in [0.1, 0.15) is 46.6 Å². The molecule has 1 aliphatic rings. The zero-order valence-corrected chi connectivity index (χ0v) is 21.2. The Morgan fingerprint density at radius 3 is 2.56 bits per heavy atom. The molecule has 0 radical (unpaired) electrons. The van der Waals surface area contributed by atoms with Crippen molar-refractivity contribution in [3.8, 4) is 0 Å². The molecule has 5 rings (SSSR count). The number of nitrogens with zero attached hydrogens (tertiary/aromatic N) is 4. The SMILES string of the molecule is Cc1ccc(NC(=O)C2CCc3ccccc3N2C(=O)CCc2c(C)nc3cc(C)nn3c2C)cc1. The number of carbonyl (C=O) groups excluding carboxylic acids is 2. The lowest BCUT2D eigenvalue weighted by Crippen LogP contribution is -2.50. The minimum Gasteiger partial charge on any atom is -0.324 e. The molecular weight excluding hydrogens is 450 g/mol. The number of carbonyl (C=O) groups is 2. The predicted molar refractivity (Wildman–Crippen MR) is 141 cm³/mol. The fraction of sp³-hybridized carbons (Fsp3) is 0.310. The third kappa shape index (κ3) is 4.49. The number of benzene rings is 2. The zero-order valence-electron chi connectivity index (χ0n) is 21.2. The molecule has 2 amide bonds. The topological polar surface area (TPSA) is 79.6 Å². The summed E-state index contributed by atoms with van der Waals surface area (Å²) >= 11 is 0. The number of hydrogen-bond donors (Lipinski definition) is 1. The minimum absolute atomic E-state index is 0.0678. The van der Waals surface area contributed by atoms with Gasteiger partial charge in [0.25, 0.3) is 0 Å². The second-order valence-corrected chi connectivity index (χ2v) is 9.62. The molecule has 1 aliphatic heterocycles. The molecule has 4 aromatic rings. The van der Waals surface area contributed by atoms with Gasteiger partial charge in [-0.15, -0.1) is 0 Å². The largest absolute Gasteiger partial charge is 0.324 e. The smallest absolute Gasteiger partial charge is 0.247 e. The van der Waals surface area contributed by atoms with Gasteiger partial charge in [0.2, 0.25) is 11.8 Å². The Bertz CT molecular complexity index is 1450. The zero-order chi connectivity index (χ0) is 25.4. The summed E-state index contributed by atoms with van der Waals surface area (Å²) < 4.78 is 1.84. The molecule has 0 saturated carbocycles. The van der Waals surface area contributed by atoms with Gasteiger partial charge in [-0.05, 0) is 76.3 Å². The average Bonchev–Trinajstić information content (AvgIpc) is 3.24. The molecular formula is C29H31N5O2. The molecule has 0 bridgehead atoms. The van der Waals surface area contributed by atoms with Crippen LogP contribution in [0.5, 0.6) is 0 Å². The lowest BCUT2D eigenvalue weighted by atomic mass is 9.94. The number of hydrogen-bond acceptors (Lipinski definition) is 4. The van der Waals surface area contributed by atoms with E-state index in [2.05, 4.69) is 10.4 Å². The molecule has 1 unspecified atom stereocenters. The molecule has 2 aromatic heterocycles. The van der Waals surface area contributed by atoms with Crippen LogP contribution in [-0.2, 0) is 22.4 Å². The predicted octanol–water partition coefficient (Wildman–Crippen LogP) is 4.88. The maximum Gasteiger partial charge on any atom is 0.247 e. The van der Waals surface area contributed by atoms with Crippen LogP contribution >= 0.6 is 0 Å². The number of aromatic nitrogens is 3. The summed E-state index contributed by atoms with van der Waals surface area (Å²) in [7, 11) is 0. The first-order valence-corrected chi connectivity index (χ1v) is 12.4. The molecule has 0 fully saturated rings. The van der Waals surface area contributed by atoms with E-state index in [1.165, 1.54) is 0 Å². The number of fused-ring (bicyclic) bond motifs is 2. The van der Waals surface area contributed by atoms with Crippen molar-refractivity contribution in [2.24, 2.45) is 0 Å². The lowest BCUT2D eigenvalue weighted by Gasteiger charge is -2.36. The van der Waals surface area contributed by atoms with Crippen molar-refractivity contribution < 1.29 is 9.59 Å². The van der Waals surface area contributed by atoms with Crippen LogP contribution in [0.25, 0.3) is 5.65 Å². The summed E-state index contributed by atoms with van der Waals surface area (Å²) in [5, 5.41) is 7.56. The molecule has 1 atom stereocenters. The maximum absolute atomic E-state index is 13.7. The van der Waals surface area contributed by atoms with Crippen molar-refractivity contribution in [1.29, 1.82) is 0 Å². The molecule has 0 aliphatic carbocycles. The molecule has 7 nitrogen and oxygen atoms in total. The Kier molecular flexibility index (Phi) is 6.31. The van der Waals surface area contributed by atoms with Crippen LogP contribution < -0.4 is 10.2 Å². The fourth-order valence-corrected chi connectivity index (χ4v) is 5.12. The molecule has 3 heterocycles. The number of rotatable bonds is 5. The van der Waals surface area contributed by atoms with E-state index in [0.29, 0.717) is 12.8 Å². The quantitative estimate of drug-likeness (QED) is 0.441. The summed E-state index contributed by atoms with van der Waals surface area (Å²) in [6.45, 7) is 7.95. The molecule has 36 heavy (non-hydrogen) atoms. The van der Waals surface area contributed by atoms with Gasteiger partial charge >= 0.3 is 0 Å². The van der Waals surface area contributed by atoms with Crippen LogP contribution in [-0.4, -0.2) is 32.5 Å². The van der Waals surface area contributed by atoms with E-state index in [4.69, 9.17) is 4.98 Å². The van der Waals surface area contributed by atoms with Crippen LogP contribution in [0, 0.1) is 27.7 Å². The lowest BCUT2D eigenvalue weighted by molar-refractivity contribution is -0.124. The van der Waals surface area contributed by atoms with Gasteiger partial charge in [0.05, 0.1) is 5.69 Å². The van der Waals surface area contributed by atoms with Crippen molar-refractivity contribution in [3.63, 3.8) is 0 Å². The van der Waals surface area contributed by atoms with Gasteiger partial charge in [-0.2, -0.15) is 5.10 Å². The monoisotopic (exact) mass is 481 g/mol. The fourth-order valence-electron chi connectivity index (χ4n) is 5.12. The van der Waals surface area contributed by atoms with Gasteiger partial charge in [0.1, 0.15) is 6.04 Å². The van der Waals surface area contributed by atoms with E-state index in [1.807, 2.05) is 86.8 Å². The second kappa shape index (κ2) is 9.57. The van der Waals surface area contributed by atoms with Crippen molar-refractivity contribution in [3.05, 3.63) is 88.4 Å². The van der Waals surface area contributed by atoms with Gasteiger partial charge in [-0.1, -0.05) is 35.9 Å². The summed E-state index contributed by atoms with van der Waals surface area (Å²) in [5.74, 6) is -0.231. The first-order valence-electron chi connectivity index (χ1n) is 12.4. The van der Waals surface area contributed by atoms with E-state index in [9.17, 15) is 9.59 Å². The Morgan fingerprint density at radius 1 is 1.03 bits per heavy atom. The highest BCUT2D eigenvalue weighted by Gasteiger charge is 2.35. The third-order valence-electron chi connectivity index (χ3n) is 7.02. The van der Waals surface area contributed by atoms with Crippen molar-refractivity contribution in [2.45, 2.75) is 59.4 Å². The van der Waals surface area contributed by atoms with E-state index < -0.39 is 6.04 Å². The van der Waals surface area contributed by atoms with Crippen molar-refractivity contribution in [1.82, 2.24) is 14.6 Å². The standard InChI is InChI=1S/C29H31N5O2/c1-18-9-12-23(13-10-18)31-29(36)26-15-11-22-7-5-6-8-25(22)33(26)28(35)16-14-24-20(3)30-27-17-19(2)32-34(27)21(24)4/h5-10,12-13,17,26H,11,14-16H2,1-4H3,(H,31,36). The number of nitrogens with one attached hydrogen (secondary N) is 1. The van der Waals surface area contributed by atoms with Crippen molar-refractivity contribution in [2.75, 3.05) is 10.2 Å². The van der Waals surface area contributed by atoms with Gasteiger partial charge < -0.3 is 5.32 Å². The maximum atomic E-state index is 13.7. The van der Waals surface area contributed by atoms with E-state index in [-0.39, 0.29) is 18.2 Å². The average molecular weight is 482 g/mol. The van der Waals surface area contributed by atoms with Gasteiger partial charge in [-0.3, -0.25) is 14.5 Å². The van der Waals surface area contributed by atoms with E-state index >= 15 is 0 Å². The summed E-state index contributed by atoms with van der Waals surface area (Å²) in [4.78, 5) is 33.5. The highest BCUT2D eigenvalue weighted by atomic mass is 16.2. The van der Waals surface area contributed by atoms with Crippen LogP contribution in [0.4, 0.5) is 11.4 Å². The Labute approximate surface area is 211 Å².